The van der Waals surface area contributed by atoms with Crippen LogP contribution in [0.1, 0.15) is 21.5 Å². The van der Waals surface area contributed by atoms with E-state index in [-0.39, 0.29) is 18.3 Å². The number of halogens is 3. The van der Waals surface area contributed by atoms with Crippen molar-refractivity contribution < 1.29 is 27.4 Å². The number of rotatable bonds is 6. The Morgan fingerprint density at radius 1 is 1.24 bits per heavy atom. The number of nitrogens with one attached hydrogen (secondary N) is 1. The highest BCUT2D eigenvalue weighted by Gasteiger charge is 2.28. The number of carbonyl (C=O) groups is 1. The van der Waals surface area contributed by atoms with Crippen LogP contribution in [0.25, 0.3) is 0 Å². The van der Waals surface area contributed by atoms with Gasteiger partial charge in [0, 0.05) is 24.4 Å². The van der Waals surface area contributed by atoms with Crippen LogP contribution in [0, 0.1) is 6.92 Å². The number of nitrogens with zero attached hydrogens (tertiary/aromatic N) is 1. The summed E-state index contributed by atoms with van der Waals surface area (Å²) >= 11 is 0. The number of ether oxygens (including phenoxy) is 2. The van der Waals surface area contributed by atoms with E-state index in [1.54, 1.807) is 24.3 Å². The van der Waals surface area contributed by atoms with Gasteiger partial charge in [-0.25, -0.2) is 4.98 Å². The first-order chi connectivity index (χ1) is 11.8. The van der Waals surface area contributed by atoms with Crippen LogP contribution in [0.2, 0.25) is 0 Å². The first-order valence-electron chi connectivity index (χ1n) is 7.36. The molecule has 0 atom stereocenters. The number of methoxy groups -OCH3 is 1. The summed E-state index contributed by atoms with van der Waals surface area (Å²) in [5.41, 5.74) is 1.89. The Hall–Kier alpha value is -2.77. The molecule has 8 heteroatoms. The standard InChI is InChI=1S/C17H17F3N2O3/c1-11-3-4-13(8-14(11)24-2)16(23)22-9-12-5-6-21-15(7-12)25-10-17(18,19)20/h3-8H,9-10H2,1-2H3,(H,22,23). The van der Waals surface area contributed by atoms with Crippen LogP contribution >= 0.6 is 0 Å². The van der Waals surface area contributed by atoms with E-state index in [4.69, 9.17) is 4.74 Å². The Labute approximate surface area is 142 Å². The zero-order valence-corrected chi connectivity index (χ0v) is 13.7. The molecule has 25 heavy (non-hydrogen) atoms. The van der Waals surface area contributed by atoms with Gasteiger partial charge in [0.15, 0.2) is 6.61 Å². The lowest BCUT2D eigenvalue weighted by atomic mass is 10.1. The highest BCUT2D eigenvalue weighted by atomic mass is 19.4. The maximum Gasteiger partial charge on any atom is 0.422 e. The minimum atomic E-state index is -4.43. The van der Waals surface area contributed by atoms with Crippen LogP contribution in [-0.2, 0) is 6.54 Å². The molecule has 1 aromatic carbocycles. The largest absolute Gasteiger partial charge is 0.496 e. The first kappa shape index (κ1) is 18.6. The predicted molar refractivity (Wildman–Crippen MR) is 84.7 cm³/mol. The lowest BCUT2D eigenvalue weighted by Gasteiger charge is -2.10. The molecular formula is C17H17F3N2O3. The Morgan fingerprint density at radius 2 is 2.00 bits per heavy atom. The molecule has 0 unspecified atom stereocenters. The third-order valence-corrected chi connectivity index (χ3v) is 3.31. The number of benzene rings is 1. The van der Waals surface area contributed by atoms with Crippen LogP contribution in [-0.4, -0.2) is 30.8 Å². The van der Waals surface area contributed by atoms with E-state index in [1.807, 2.05) is 6.92 Å². The van der Waals surface area contributed by atoms with Crippen LogP contribution < -0.4 is 14.8 Å². The molecule has 0 fully saturated rings. The molecule has 0 aliphatic rings. The number of alkyl halides is 3. The Morgan fingerprint density at radius 3 is 2.68 bits per heavy atom. The fourth-order valence-corrected chi connectivity index (χ4v) is 2.04. The quantitative estimate of drug-likeness (QED) is 0.865. The zero-order valence-electron chi connectivity index (χ0n) is 13.7. The maximum atomic E-state index is 12.2. The second-order valence-electron chi connectivity index (χ2n) is 5.27. The maximum absolute atomic E-state index is 12.2. The molecule has 0 bridgehead atoms. The van der Waals surface area contributed by atoms with Crippen LogP contribution in [0.15, 0.2) is 36.5 Å². The molecule has 2 aromatic rings. The van der Waals surface area contributed by atoms with Crippen LogP contribution in [0.4, 0.5) is 13.2 Å². The van der Waals surface area contributed by atoms with Crippen molar-refractivity contribution in [3.8, 4) is 11.6 Å². The van der Waals surface area contributed by atoms with E-state index in [0.29, 0.717) is 16.9 Å². The van der Waals surface area contributed by atoms with E-state index in [9.17, 15) is 18.0 Å². The highest BCUT2D eigenvalue weighted by Crippen LogP contribution is 2.19. The molecule has 5 nitrogen and oxygen atoms in total. The smallest absolute Gasteiger partial charge is 0.422 e. The van der Waals surface area contributed by atoms with Crippen molar-refractivity contribution in [2.45, 2.75) is 19.6 Å². The van der Waals surface area contributed by atoms with Crippen molar-refractivity contribution in [2.24, 2.45) is 0 Å². The summed E-state index contributed by atoms with van der Waals surface area (Å²) in [5.74, 6) is 0.119. The molecule has 1 aromatic heterocycles. The van der Waals surface area contributed by atoms with Gasteiger partial charge in [-0.05, 0) is 36.2 Å². The Kier molecular flexibility index (Phi) is 5.84. The van der Waals surface area contributed by atoms with Crippen molar-refractivity contribution in [3.05, 3.63) is 53.2 Å². The molecular weight excluding hydrogens is 337 g/mol. The molecule has 0 spiro atoms. The summed E-state index contributed by atoms with van der Waals surface area (Å²) in [7, 11) is 1.52. The molecule has 1 amide bonds. The molecule has 0 aliphatic heterocycles. The lowest BCUT2D eigenvalue weighted by Crippen LogP contribution is -2.23. The Bertz CT molecular complexity index is 748. The van der Waals surface area contributed by atoms with Crippen molar-refractivity contribution in [1.29, 1.82) is 0 Å². The lowest BCUT2D eigenvalue weighted by molar-refractivity contribution is -0.154. The van der Waals surface area contributed by atoms with Gasteiger partial charge in [0.05, 0.1) is 7.11 Å². The second kappa shape index (κ2) is 7.87. The van der Waals surface area contributed by atoms with Gasteiger partial charge in [-0.15, -0.1) is 0 Å². The summed E-state index contributed by atoms with van der Waals surface area (Å²) < 4.78 is 46.2. The van der Waals surface area contributed by atoms with E-state index in [2.05, 4.69) is 15.0 Å². The van der Waals surface area contributed by atoms with E-state index < -0.39 is 12.8 Å². The number of hydrogen-bond donors (Lipinski definition) is 1. The molecule has 2 rings (SSSR count). The van der Waals surface area contributed by atoms with Gasteiger partial charge in [-0.3, -0.25) is 4.79 Å². The molecule has 1 N–H and O–H groups in total. The topological polar surface area (TPSA) is 60.5 Å². The van der Waals surface area contributed by atoms with Gasteiger partial charge in [0.1, 0.15) is 5.75 Å². The van der Waals surface area contributed by atoms with Gasteiger partial charge in [-0.2, -0.15) is 13.2 Å². The SMILES string of the molecule is COc1cc(C(=O)NCc2ccnc(OCC(F)(F)F)c2)ccc1C. The average molecular weight is 354 g/mol. The number of aryl methyl sites for hydroxylation is 1. The van der Waals surface area contributed by atoms with E-state index in [1.165, 1.54) is 19.4 Å². The van der Waals surface area contributed by atoms with E-state index >= 15 is 0 Å². The van der Waals surface area contributed by atoms with Crippen LogP contribution in [0.3, 0.4) is 0 Å². The van der Waals surface area contributed by atoms with Crippen molar-refractivity contribution in [3.63, 3.8) is 0 Å². The molecule has 0 saturated heterocycles. The number of aromatic nitrogens is 1. The second-order valence-corrected chi connectivity index (χ2v) is 5.27. The third-order valence-electron chi connectivity index (χ3n) is 3.31. The Balaban J connectivity index is 1.98. The summed E-state index contributed by atoms with van der Waals surface area (Å²) in [6.45, 7) is 0.568. The van der Waals surface area contributed by atoms with E-state index in [0.717, 1.165) is 5.56 Å². The summed E-state index contributed by atoms with van der Waals surface area (Å²) in [5, 5.41) is 2.69. The number of pyridine rings is 1. The predicted octanol–water partition coefficient (Wildman–Crippen LogP) is 3.27. The minimum Gasteiger partial charge on any atom is -0.496 e. The highest BCUT2D eigenvalue weighted by molar-refractivity contribution is 5.94. The zero-order chi connectivity index (χ0) is 18.4. The number of hydrogen-bond acceptors (Lipinski definition) is 4. The van der Waals surface area contributed by atoms with Gasteiger partial charge in [0.2, 0.25) is 5.88 Å². The molecule has 0 aliphatic carbocycles. The fraction of sp³-hybridized carbons (Fsp3) is 0.294. The summed E-state index contributed by atoms with van der Waals surface area (Å²) in [6.07, 6.45) is -3.11. The van der Waals surface area contributed by atoms with Crippen LogP contribution in [0.5, 0.6) is 11.6 Å². The van der Waals surface area contributed by atoms with Crippen molar-refractivity contribution >= 4 is 5.91 Å². The molecule has 1 heterocycles. The monoisotopic (exact) mass is 354 g/mol. The van der Waals surface area contributed by atoms with Gasteiger partial charge < -0.3 is 14.8 Å². The van der Waals surface area contributed by atoms with Gasteiger partial charge in [-0.1, -0.05) is 6.07 Å². The third kappa shape index (κ3) is 5.66. The first-order valence-corrected chi connectivity index (χ1v) is 7.36. The number of carbonyl (C=O) groups excluding carboxylic acids is 1. The molecule has 0 radical (unpaired) electrons. The normalized spacial score (nSPS) is 11.1. The van der Waals surface area contributed by atoms with Gasteiger partial charge in [0.25, 0.3) is 5.91 Å². The summed E-state index contributed by atoms with van der Waals surface area (Å²) in [4.78, 5) is 15.9. The van der Waals surface area contributed by atoms with Crippen molar-refractivity contribution in [2.75, 3.05) is 13.7 Å². The summed E-state index contributed by atoms with van der Waals surface area (Å²) in [6, 6.07) is 7.98. The molecule has 0 saturated carbocycles. The minimum absolute atomic E-state index is 0.125. The molecule has 134 valence electrons. The van der Waals surface area contributed by atoms with Gasteiger partial charge >= 0.3 is 6.18 Å². The fourth-order valence-electron chi connectivity index (χ4n) is 2.04. The van der Waals surface area contributed by atoms with Crippen molar-refractivity contribution in [1.82, 2.24) is 10.3 Å². The average Bonchev–Trinajstić information content (AvgIpc) is 2.58. The number of amides is 1.